The fraction of sp³-hybridized carbons (Fsp3) is 0.0909. The highest BCUT2D eigenvalue weighted by atomic mass is 35.5. The fourth-order valence-corrected chi connectivity index (χ4v) is 3.07. The minimum Gasteiger partial charge on any atom is -0.457 e. The number of rotatable bonds is 6. The number of nitrogen functional groups attached to an aromatic ring is 1. The van der Waals surface area contributed by atoms with Crippen LogP contribution in [0.25, 0.3) is 10.9 Å². The minimum atomic E-state index is 0.686. The number of halogens is 1. The molecule has 5 nitrogen and oxygen atoms in total. The number of nitrogens with two attached hydrogens (primary N) is 1. The maximum atomic E-state index is 5.91. The highest BCUT2D eigenvalue weighted by molar-refractivity contribution is 6.30. The number of benzene rings is 3. The van der Waals surface area contributed by atoms with E-state index in [4.69, 9.17) is 22.1 Å². The summed E-state index contributed by atoms with van der Waals surface area (Å²) in [5.41, 5.74) is 8.62. The van der Waals surface area contributed by atoms with Gasteiger partial charge in [-0.1, -0.05) is 23.7 Å². The summed E-state index contributed by atoms with van der Waals surface area (Å²) < 4.78 is 5.90. The molecule has 0 unspecified atom stereocenters. The van der Waals surface area contributed by atoms with Crippen LogP contribution in [0.1, 0.15) is 5.56 Å². The Balaban J connectivity index is 1.42. The molecule has 3 N–H and O–H groups in total. The first kappa shape index (κ1) is 18.1. The van der Waals surface area contributed by atoms with Crippen molar-refractivity contribution in [2.75, 3.05) is 17.6 Å². The molecule has 0 bridgehead atoms. The van der Waals surface area contributed by atoms with Crippen molar-refractivity contribution >= 4 is 34.0 Å². The Bertz CT molecular complexity index is 1100. The highest BCUT2D eigenvalue weighted by Crippen LogP contribution is 2.24. The third-order valence-electron chi connectivity index (χ3n) is 4.31. The van der Waals surface area contributed by atoms with Gasteiger partial charge in [0.1, 0.15) is 23.6 Å². The fourth-order valence-electron chi connectivity index (χ4n) is 2.94. The van der Waals surface area contributed by atoms with Gasteiger partial charge in [-0.05, 0) is 66.6 Å². The van der Waals surface area contributed by atoms with E-state index in [1.807, 2.05) is 60.7 Å². The van der Waals surface area contributed by atoms with E-state index >= 15 is 0 Å². The molecule has 0 atom stereocenters. The van der Waals surface area contributed by atoms with Gasteiger partial charge in [-0.25, -0.2) is 9.97 Å². The molecule has 1 heterocycles. The molecule has 0 saturated heterocycles. The van der Waals surface area contributed by atoms with Crippen molar-refractivity contribution in [3.05, 3.63) is 83.6 Å². The monoisotopic (exact) mass is 390 g/mol. The molecule has 1 aromatic heterocycles. The van der Waals surface area contributed by atoms with Gasteiger partial charge in [0.05, 0.1) is 5.52 Å². The van der Waals surface area contributed by atoms with Crippen molar-refractivity contribution in [3.8, 4) is 11.5 Å². The smallest absolute Gasteiger partial charge is 0.137 e. The van der Waals surface area contributed by atoms with Crippen LogP contribution in [0.2, 0.25) is 5.02 Å². The van der Waals surface area contributed by atoms with Gasteiger partial charge in [0, 0.05) is 22.6 Å². The topological polar surface area (TPSA) is 73.1 Å². The van der Waals surface area contributed by atoms with E-state index in [1.54, 1.807) is 6.33 Å². The van der Waals surface area contributed by atoms with Gasteiger partial charge >= 0.3 is 0 Å². The summed E-state index contributed by atoms with van der Waals surface area (Å²) in [6.07, 6.45) is 2.38. The Hall–Kier alpha value is -3.31. The lowest BCUT2D eigenvalue weighted by molar-refractivity contribution is 0.482. The summed E-state index contributed by atoms with van der Waals surface area (Å²) in [6, 6.07) is 21.0. The molecule has 6 heteroatoms. The van der Waals surface area contributed by atoms with Gasteiger partial charge in [-0.15, -0.1) is 0 Å². The van der Waals surface area contributed by atoms with E-state index in [0.717, 1.165) is 46.7 Å². The van der Waals surface area contributed by atoms with Gasteiger partial charge in [-0.2, -0.15) is 0 Å². The molecule has 140 valence electrons. The zero-order valence-electron chi connectivity index (χ0n) is 15.1. The molecule has 0 fully saturated rings. The first-order valence-electron chi connectivity index (χ1n) is 8.94. The lowest BCUT2D eigenvalue weighted by Crippen LogP contribution is -2.07. The summed E-state index contributed by atoms with van der Waals surface area (Å²) in [5.74, 6) is 2.33. The lowest BCUT2D eigenvalue weighted by Gasteiger charge is -2.10. The van der Waals surface area contributed by atoms with Gasteiger partial charge in [-0.3, -0.25) is 0 Å². The highest BCUT2D eigenvalue weighted by Gasteiger charge is 2.05. The summed E-state index contributed by atoms with van der Waals surface area (Å²) in [6.45, 7) is 0.727. The maximum Gasteiger partial charge on any atom is 0.137 e. The summed E-state index contributed by atoms with van der Waals surface area (Å²) >= 11 is 5.91. The van der Waals surface area contributed by atoms with Crippen molar-refractivity contribution in [2.45, 2.75) is 6.42 Å². The molecule has 0 radical (unpaired) electrons. The molecule has 0 saturated carbocycles. The lowest BCUT2D eigenvalue weighted by atomic mass is 10.1. The van der Waals surface area contributed by atoms with E-state index in [-0.39, 0.29) is 0 Å². The average Bonchev–Trinajstić information content (AvgIpc) is 2.70. The van der Waals surface area contributed by atoms with Crippen molar-refractivity contribution in [1.29, 1.82) is 0 Å². The standard InChI is InChI=1S/C22H19ClN4O/c23-16-4-7-18(8-5-16)28-19-3-1-2-15(12-19)10-11-25-22-20-13-17(24)6-9-21(20)26-14-27-22/h1-9,12-14H,10-11,24H2,(H,25,26,27). The van der Waals surface area contributed by atoms with Crippen LogP contribution in [-0.4, -0.2) is 16.5 Å². The Morgan fingerprint density at radius 2 is 1.79 bits per heavy atom. The second-order valence-corrected chi connectivity index (χ2v) is 6.82. The van der Waals surface area contributed by atoms with Crippen molar-refractivity contribution in [2.24, 2.45) is 0 Å². The van der Waals surface area contributed by atoms with E-state index in [0.29, 0.717) is 10.7 Å². The quantitative estimate of drug-likeness (QED) is 0.436. The van der Waals surface area contributed by atoms with Gasteiger partial charge in [0.25, 0.3) is 0 Å². The predicted molar refractivity (Wildman–Crippen MR) is 114 cm³/mol. The molecule has 0 aliphatic heterocycles. The Morgan fingerprint density at radius 3 is 2.64 bits per heavy atom. The van der Waals surface area contributed by atoms with Crippen LogP contribution in [0.15, 0.2) is 73.1 Å². The summed E-state index contributed by atoms with van der Waals surface area (Å²) in [5, 5.41) is 4.98. The third kappa shape index (κ3) is 4.32. The molecule has 0 spiro atoms. The molecule has 3 aromatic carbocycles. The number of aromatic nitrogens is 2. The van der Waals surface area contributed by atoms with Crippen LogP contribution in [-0.2, 0) is 6.42 Å². The molecule has 0 aliphatic rings. The average molecular weight is 391 g/mol. The van der Waals surface area contributed by atoms with Crippen molar-refractivity contribution in [1.82, 2.24) is 9.97 Å². The Kier molecular flexibility index (Phi) is 5.26. The Morgan fingerprint density at radius 1 is 0.929 bits per heavy atom. The van der Waals surface area contributed by atoms with Crippen molar-refractivity contribution < 1.29 is 4.74 Å². The van der Waals surface area contributed by atoms with Gasteiger partial charge in [0.15, 0.2) is 0 Å². The molecular weight excluding hydrogens is 372 g/mol. The Labute approximate surface area is 168 Å². The number of nitrogens with zero attached hydrogens (tertiary/aromatic N) is 2. The van der Waals surface area contributed by atoms with Gasteiger partial charge in [0.2, 0.25) is 0 Å². The second kappa shape index (κ2) is 8.15. The first-order valence-corrected chi connectivity index (χ1v) is 9.32. The molecule has 0 amide bonds. The molecular formula is C22H19ClN4O. The van der Waals surface area contributed by atoms with E-state index in [1.165, 1.54) is 0 Å². The maximum absolute atomic E-state index is 5.91. The number of hydrogen-bond donors (Lipinski definition) is 2. The van der Waals surface area contributed by atoms with Crippen LogP contribution >= 0.6 is 11.6 Å². The SMILES string of the molecule is Nc1ccc2ncnc(NCCc3cccc(Oc4ccc(Cl)cc4)c3)c2c1. The predicted octanol–water partition coefficient (Wildman–Crippen LogP) is 5.31. The molecule has 0 aliphatic carbocycles. The molecule has 4 aromatic rings. The van der Waals surface area contributed by atoms with Crippen LogP contribution in [0.5, 0.6) is 11.5 Å². The number of anilines is 2. The minimum absolute atomic E-state index is 0.686. The van der Waals surface area contributed by atoms with E-state index < -0.39 is 0 Å². The van der Waals surface area contributed by atoms with Crippen LogP contribution in [0, 0.1) is 0 Å². The normalized spacial score (nSPS) is 10.8. The first-order chi connectivity index (χ1) is 13.7. The number of nitrogens with one attached hydrogen (secondary N) is 1. The number of ether oxygens (including phenoxy) is 1. The third-order valence-corrected chi connectivity index (χ3v) is 4.57. The largest absolute Gasteiger partial charge is 0.457 e. The number of hydrogen-bond acceptors (Lipinski definition) is 5. The second-order valence-electron chi connectivity index (χ2n) is 6.38. The zero-order chi connectivity index (χ0) is 19.3. The van der Waals surface area contributed by atoms with Crippen LogP contribution in [0.4, 0.5) is 11.5 Å². The van der Waals surface area contributed by atoms with Crippen LogP contribution in [0.3, 0.4) is 0 Å². The van der Waals surface area contributed by atoms with E-state index in [2.05, 4.69) is 21.4 Å². The molecule has 28 heavy (non-hydrogen) atoms. The van der Waals surface area contributed by atoms with Crippen LogP contribution < -0.4 is 15.8 Å². The molecule has 4 rings (SSSR count). The van der Waals surface area contributed by atoms with Crippen molar-refractivity contribution in [3.63, 3.8) is 0 Å². The van der Waals surface area contributed by atoms with E-state index in [9.17, 15) is 0 Å². The summed E-state index contributed by atoms with van der Waals surface area (Å²) in [7, 11) is 0. The number of fused-ring (bicyclic) bond motifs is 1. The zero-order valence-corrected chi connectivity index (χ0v) is 15.9. The van der Waals surface area contributed by atoms with Gasteiger partial charge < -0.3 is 15.8 Å². The summed E-state index contributed by atoms with van der Waals surface area (Å²) in [4.78, 5) is 8.62.